The Hall–Kier alpha value is -3.12. The van der Waals surface area contributed by atoms with Gasteiger partial charge >= 0.3 is 5.97 Å². The first-order valence-corrected chi connectivity index (χ1v) is 9.16. The predicted molar refractivity (Wildman–Crippen MR) is 111 cm³/mol. The molecule has 0 aliphatic rings. The van der Waals surface area contributed by atoms with E-state index in [-0.39, 0.29) is 6.04 Å². The molecule has 0 aliphatic carbocycles. The summed E-state index contributed by atoms with van der Waals surface area (Å²) in [5.41, 5.74) is 2.86. The molecule has 0 bridgehead atoms. The number of esters is 1. The van der Waals surface area contributed by atoms with Crippen LogP contribution in [0.2, 0.25) is 5.02 Å². The summed E-state index contributed by atoms with van der Waals surface area (Å²) in [5.74, 6) is 0.627. The largest absolute Gasteiger partial charge is 0.465 e. The van der Waals surface area contributed by atoms with Gasteiger partial charge in [-0.1, -0.05) is 41.9 Å². The second-order valence-electron chi connectivity index (χ2n) is 6.31. The average Bonchev–Trinajstić information content (AvgIpc) is 2.69. The monoisotopic (exact) mass is 396 g/mol. The number of rotatable bonds is 6. The van der Waals surface area contributed by atoms with E-state index in [0.29, 0.717) is 28.0 Å². The second-order valence-corrected chi connectivity index (χ2v) is 6.71. The van der Waals surface area contributed by atoms with Crippen LogP contribution in [0.15, 0.2) is 54.6 Å². The summed E-state index contributed by atoms with van der Waals surface area (Å²) in [5, 5.41) is 6.91. The molecule has 0 fully saturated rings. The van der Waals surface area contributed by atoms with Crippen LogP contribution in [0.25, 0.3) is 0 Å². The quantitative estimate of drug-likeness (QED) is 0.562. The molecule has 1 heterocycles. The number of nitrogens with zero attached hydrogens (tertiary/aromatic N) is 2. The lowest BCUT2D eigenvalue weighted by molar-refractivity contribution is 0.0601. The van der Waals surface area contributed by atoms with Crippen LogP contribution in [0.5, 0.6) is 0 Å². The number of benzene rings is 2. The van der Waals surface area contributed by atoms with E-state index >= 15 is 0 Å². The number of aromatic nitrogens is 2. The lowest BCUT2D eigenvalue weighted by Crippen LogP contribution is -2.10. The molecule has 0 aliphatic heterocycles. The highest BCUT2D eigenvalue weighted by Crippen LogP contribution is 2.27. The summed E-state index contributed by atoms with van der Waals surface area (Å²) >= 11 is 6.25. The van der Waals surface area contributed by atoms with Gasteiger partial charge in [-0.15, -0.1) is 0 Å². The minimum Gasteiger partial charge on any atom is -0.465 e. The lowest BCUT2D eigenvalue weighted by Gasteiger charge is -2.16. The van der Waals surface area contributed by atoms with Crippen molar-refractivity contribution in [1.29, 1.82) is 0 Å². The number of halogens is 1. The number of nitrogens with one attached hydrogen (secondary N) is 2. The molecule has 1 atom stereocenters. The van der Waals surface area contributed by atoms with Gasteiger partial charge in [-0.05, 0) is 37.6 Å². The van der Waals surface area contributed by atoms with Gasteiger partial charge in [0.15, 0.2) is 0 Å². The van der Waals surface area contributed by atoms with E-state index in [1.807, 2.05) is 31.2 Å². The maximum absolute atomic E-state index is 11.8. The minimum atomic E-state index is -0.441. The second kappa shape index (κ2) is 8.71. The van der Waals surface area contributed by atoms with Crippen molar-refractivity contribution in [3.63, 3.8) is 0 Å². The zero-order chi connectivity index (χ0) is 20.1. The van der Waals surface area contributed by atoms with Crippen molar-refractivity contribution in [3.05, 3.63) is 76.4 Å². The SMILES string of the molecule is COC(=O)c1ccc(Cl)c(Nc2nc(C)cc(NC(C)c3ccccc3)n2)c1. The van der Waals surface area contributed by atoms with E-state index in [1.54, 1.807) is 18.2 Å². The Balaban J connectivity index is 1.83. The third kappa shape index (κ3) is 4.78. The van der Waals surface area contributed by atoms with Gasteiger partial charge in [0.1, 0.15) is 5.82 Å². The maximum Gasteiger partial charge on any atom is 0.337 e. The van der Waals surface area contributed by atoms with Gasteiger partial charge in [0.05, 0.1) is 23.4 Å². The summed E-state index contributed by atoms with van der Waals surface area (Å²) in [7, 11) is 1.33. The number of carbonyl (C=O) groups is 1. The van der Waals surface area contributed by atoms with Gasteiger partial charge < -0.3 is 15.4 Å². The Morgan fingerprint density at radius 1 is 1.11 bits per heavy atom. The molecule has 1 aromatic heterocycles. The number of anilines is 3. The number of hydrogen-bond donors (Lipinski definition) is 2. The van der Waals surface area contributed by atoms with Crippen molar-refractivity contribution in [3.8, 4) is 0 Å². The van der Waals surface area contributed by atoms with Crippen LogP contribution in [-0.4, -0.2) is 23.0 Å². The zero-order valence-electron chi connectivity index (χ0n) is 15.9. The zero-order valence-corrected chi connectivity index (χ0v) is 16.6. The van der Waals surface area contributed by atoms with E-state index in [0.717, 1.165) is 11.3 Å². The predicted octanol–water partition coefficient (Wildman–Crippen LogP) is 5.14. The van der Waals surface area contributed by atoms with E-state index < -0.39 is 5.97 Å². The molecule has 3 aromatic rings. The smallest absolute Gasteiger partial charge is 0.337 e. The molecule has 7 heteroatoms. The Kier molecular flexibility index (Phi) is 6.11. The molecule has 0 radical (unpaired) electrons. The van der Waals surface area contributed by atoms with Gasteiger partial charge in [-0.2, -0.15) is 4.98 Å². The molecule has 2 aromatic carbocycles. The summed E-state index contributed by atoms with van der Waals surface area (Å²) in [6.07, 6.45) is 0. The van der Waals surface area contributed by atoms with Gasteiger partial charge in [0.2, 0.25) is 5.95 Å². The van der Waals surface area contributed by atoms with Gasteiger partial charge in [-0.25, -0.2) is 9.78 Å². The number of ether oxygens (including phenoxy) is 1. The summed E-state index contributed by atoms with van der Waals surface area (Å²) in [4.78, 5) is 20.7. The van der Waals surface area contributed by atoms with E-state index in [2.05, 4.69) is 39.7 Å². The van der Waals surface area contributed by atoms with Crippen molar-refractivity contribution in [2.75, 3.05) is 17.7 Å². The number of methoxy groups -OCH3 is 1. The van der Waals surface area contributed by atoms with Crippen molar-refractivity contribution < 1.29 is 9.53 Å². The van der Waals surface area contributed by atoms with Crippen LogP contribution in [0.4, 0.5) is 17.5 Å². The van der Waals surface area contributed by atoms with Crippen molar-refractivity contribution in [2.24, 2.45) is 0 Å². The molecule has 0 spiro atoms. The fraction of sp³-hybridized carbons (Fsp3) is 0.190. The molecule has 2 N–H and O–H groups in total. The van der Waals surface area contributed by atoms with Gasteiger partial charge in [-0.3, -0.25) is 0 Å². The first-order valence-electron chi connectivity index (χ1n) is 8.78. The van der Waals surface area contributed by atoms with Crippen LogP contribution < -0.4 is 10.6 Å². The van der Waals surface area contributed by atoms with E-state index in [1.165, 1.54) is 7.11 Å². The van der Waals surface area contributed by atoms with Crippen LogP contribution in [-0.2, 0) is 4.74 Å². The average molecular weight is 397 g/mol. The Morgan fingerprint density at radius 2 is 1.86 bits per heavy atom. The number of carbonyl (C=O) groups excluding carboxylic acids is 1. The molecule has 6 nitrogen and oxygen atoms in total. The summed E-state index contributed by atoms with van der Waals surface area (Å²) in [6.45, 7) is 3.95. The molecular weight excluding hydrogens is 376 g/mol. The molecule has 0 amide bonds. The summed E-state index contributed by atoms with van der Waals surface area (Å²) < 4.78 is 4.75. The van der Waals surface area contributed by atoms with Gasteiger partial charge in [0, 0.05) is 17.8 Å². The first kappa shape index (κ1) is 19.6. The van der Waals surface area contributed by atoms with Gasteiger partial charge in [0.25, 0.3) is 0 Å². The van der Waals surface area contributed by atoms with Crippen LogP contribution in [0.3, 0.4) is 0 Å². The Labute approximate surface area is 168 Å². The van der Waals surface area contributed by atoms with Crippen molar-refractivity contribution in [2.45, 2.75) is 19.9 Å². The molecule has 28 heavy (non-hydrogen) atoms. The van der Waals surface area contributed by atoms with Crippen molar-refractivity contribution >= 4 is 35.0 Å². The minimum absolute atomic E-state index is 0.0783. The van der Waals surface area contributed by atoms with E-state index in [9.17, 15) is 4.79 Å². The number of hydrogen-bond acceptors (Lipinski definition) is 6. The molecule has 3 rings (SSSR count). The fourth-order valence-corrected chi connectivity index (χ4v) is 2.90. The van der Waals surface area contributed by atoms with Crippen molar-refractivity contribution in [1.82, 2.24) is 9.97 Å². The third-order valence-corrected chi connectivity index (χ3v) is 4.48. The normalized spacial score (nSPS) is 11.6. The third-order valence-electron chi connectivity index (χ3n) is 4.15. The van der Waals surface area contributed by atoms with Crippen LogP contribution >= 0.6 is 11.6 Å². The Bertz CT molecular complexity index is 979. The maximum atomic E-state index is 11.8. The standard InChI is InChI=1S/C21H21ClN4O2/c1-13-11-19(24-14(2)15-7-5-4-6-8-15)26-21(23-13)25-18-12-16(20(27)28-3)9-10-17(18)22/h4-12,14H,1-3H3,(H2,23,24,25,26). The summed E-state index contributed by atoms with van der Waals surface area (Å²) in [6, 6.07) is 16.9. The highest BCUT2D eigenvalue weighted by molar-refractivity contribution is 6.33. The molecule has 0 saturated heterocycles. The topological polar surface area (TPSA) is 76.1 Å². The lowest BCUT2D eigenvalue weighted by atomic mass is 10.1. The van der Waals surface area contributed by atoms with E-state index in [4.69, 9.17) is 16.3 Å². The fourth-order valence-electron chi connectivity index (χ4n) is 2.73. The molecule has 1 unspecified atom stereocenters. The molecular formula is C21H21ClN4O2. The molecule has 0 saturated carbocycles. The highest BCUT2D eigenvalue weighted by Gasteiger charge is 2.12. The Morgan fingerprint density at radius 3 is 2.57 bits per heavy atom. The molecule has 144 valence electrons. The van der Waals surface area contributed by atoms with Crippen LogP contribution in [0.1, 0.15) is 34.6 Å². The highest BCUT2D eigenvalue weighted by atomic mass is 35.5. The number of aryl methyl sites for hydroxylation is 1. The first-order chi connectivity index (χ1) is 13.5. The van der Waals surface area contributed by atoms with Crippen LogP contribution in [0, 0.1) is 6.92 Å².